The Kier molecular flexibility index (Phi) is 4.84. The van der Waals surface area contributed by atoms with E-state index in [0.717, 1.165) is 34.5 Å². The standard InChI is InChI=1S/C22H22N2O2/c1-2-25-15-14-24-20-12-6-5-11-19(20)23-22(24)16-26-21-13-7-9-17-8-3-4-10-18(17)21/h3-13H,2,14-16H2,1H3. The first-order valence-electron chi connectivity index (χ1n) is 8.99. The van der Waals surface area contributed by atoms with Crippen LogP contribution in [0.2, 0.25) is 0 Å². The number of hydrogen-bond acceptors (Lipinski definition) is 3. The molecule has 1 aromatic heterocycles. The van der Waals surface area contributed by atoms with Crippen molar-refractivity contribution in [2.75, 3.05) is 13.2 Å². The summed E-state index contributed by atoms with van der Waals surface area (Å²) in [6.07, 6.45) is 0. The Morgan fingerprint density at radius 1 is 0.923 bits per heavy atom. The van der Waals surface area contributed by atoms with Gasteiger partial charge in [0.1, 0.15) is 18.2 Å². The van der Waals surface area contributed by atoms with Crippen molar-refractivity contribution in [2.24, 2.45) is 0 Å². The minimum absolute atomic E-state index is 0.425. The maximum absolute atomic E-state index is 6.16. The molecule has 0 aliphatic rings. The van der Waals surface area contributed by atoms with Crippen LogP contribution in [0.4, 0.5) is 0 Å². The quantitative estimate of drug-likeness (QED) is 0.451. The molecule has 0 atom stereocenters. The van der Waals surface area contributed by atoms with Gasteiger partial charge >= 0.3 is 0 Å². The maximum Gasteiger partial charge on any atom is 0.148 e. The number of nitrogens with zero attached hydrogens (tertiary/aromatic N) is 2. The van der Waals surface area contributed by atoms with Crippen molar-refractivity contribution >= 4 is 21.8 Å². The van der Waals surface area contributed by atoms with Gasteiger partial charge in [-0.1, -0.05) is 48.5 Å². The third-order valence-corrected chi connectivity index (χ3v) is 4.50. The Bertz CT molecular complexity index is 1020. The average Bonchev–Trinajstić information content (AvgIpc) is 3.04. The highest BCUT2D eigenvalue weighted by Crippen LogP contribution is 2.26. The third kappa shape index (κ3) is 3.28. The number of hydrogen-bond donors (Lipinski definition) is 0. The lowest BCUT2D eigenvalue weighted by Gasteiger charge is -2.12. The number of imidazole rings is 1. The summed E-state index contributed by atoms with van der Waals surface area (Å²) < 4.78 is 13.9. The summed E-state index contributed by atoms with van der Waals surface area (Å²) in [5, 5.41) is 2.29. The fourth-order valence-corrected chi connectivity index (χ4v) is 3.25. The van der Waals surface area contributed by atoms with Gasteiger partial charge in [-0.2, -0.15) is 0 Å². The topological polar surface area (TPSA) is 36.3 Å². The maximum atomic E-state index is 6.16. The largest absolute Gasteiger partial charge is 0.485 e. The van der Waals surface area contributed by atoms with Crippen LogP contribution in [0.3, 0.4) is 0 Å². The molecule has 0 aliphatic heterocycles. The molecule has 4 aromatic rings. The van der Waals surface area contributed by atoms with Crippen molar-refractivity contribution in [3.05, 3.63) is 72.6 Å². The molecule has 4 heteroatoms. The zero-order valence-corrected chi connectivity index (χ0v) is 14.9. The minimum atomic E-state index is 0.425. The van der Waals surface area contributed by atoms with Gasteiger partial charge in [-0.05, 0) is 30.5 Å². The Hall–Kier alpha value is -2.85. The Morgan fingerprint density at radius 3 is 2.65 bits per heavy atom. The summed E-state index contributed by atoms with van der Waals surface area (Å²) in [7, 11) is 0. The summed E-state index contributed by atoms with van der Waals surface area (Å²) >= 11 is 0. The number of rotatable bonds is 7. The van der Waals surface area contributed by atoms with Crippen LogP contribution in [0.1, 0.15) is 12.7 Å². The van der Waals surface area contributed by atoms with E-state index < -0.39 is 0 Å². The van der Waals surface area contributed by atoms with Gasteiger partial charge < -0.3 is 14.0 Å². The fraction of sp³-hybridized carbons (Fsp3) is 0.227. The second-order valence-electron chi connectivity index (χ2n) is 6.13. The van der Waals surface area contributed by atoms with E-state index in [1.807, 2.05) is 49.4 Å². The molecule has 0 bridgehead atoms. The van der Waals surface area contributed by atoms with Crippen molar-refractivity contribution in [1.82, 2.24) is 9.55 Å². The van der Waals surface area contributed by atoms with Gasteiger partial charge in [0, 0.05) is 18.5 Å². The molecule has 132 valence electrons. The molecule has 3 aromatic carbocycles. The van der Waals surface area contributed by atoms with Crippen molar-refractivity contribution in [2.45, 2.75) is 20.1 Å². The molecule has 4 nitrogen and oxygen atoms in total. The van der Waals surface area contributed by atoms with Gasteiger partial charge in [0.25, 0.3) is 0 Å². The highest BCUT2D eigenvalue weighted by molar-refractivity contribution is 5.88. The van der Waals surface area contributed by atoms with Crippen LogP contribution in [-0.2, 0) is 17.9 Å². The molecular formula is C22H22N2O2. The first kappa shape index (κ1) is 16.6. The van der Waals surface area contributed by atoms with E-state index in [1.165, 1.54) is 5.39 Å². The van der Waals surface area contributed by atoms with Gasteiger partial charge in [0.2, 0.25) is 0 Å². The van der Waals surface area contributed by atoms with E-state index in [0.29, 0.717) is 19.8 Å². The van der Waals surface area contributed by atoms with Crippen LogP contribution in [0.25, 0.3) is 21.8 Å². The smallest absolute Gasteiger partial charge is 0.148 e. The van der Waals surface area contributed by atoms with Crippen LogP contribution < -0.4 is 4.74 Å². The monoisotopic (exact) mass is 346 g/mol. The molecule has 0 amide bonds. The number of fused-ring (bicyclic) bond motifs is 2. The molecule has 0 saturated heterocycles. The molecule has 0 radical (unpaired) electrons. The van der Waals surface area contributed by atoms with Crippen molar-refractivity contribution in [3.8, 4) is 5.75 Å². The fourth-order valence-electron chi connectivity index (χ4n) is 3.25. The van der Waals surface area contributed by atoms with Gasteiger partial charge in [0.15, 0.2) is 0 Å². The van der Waals surface area contributed by atoms with E-state index in [-0.39, 0.29) is 0 Å². The van der Waals surface area contributed by atoms with Crippen LogP contribution in [0.15, 0.2) is 66.7 Å². The third-order valence-electron chi connectivity index (χ3n) is 4.50. The minimum Gasteiger partial charge on any atom is -0.485 e. The van der Waals surface area contributed by atoms with E-state index >= 15 is 0 Å². The highest BCUT2D eigenvalue weighted by atomic mass is 16.5. The molecule has 1 heterocycles. The lowest BCUT2D eigenvalue weighted by Crippen LogP contribution is -2.11. The number of aromatic nitrogens is 2. The number of benzene rings is 3. The lowest BCUT2D eigenvalue weighted by molar-refractivity contribution is 0.138. The average molecular weight is 346 g/mol. The Labute approximate surface area is 153 Å². The number of ether oxygens (including phenoxy) is 2. The van der Waals surface area contributed by atoms with Crippen LogP contribution in [0.5, 0.6) is 5.75 Å². The second-order valence-corrected chi connectivity index (χ2v) is 6.13. The zero-order valence-electron chi connectivity index (χ0n) is 14.9. The molecule has 0 aliphatic carbocycles. The van der Waals surface area contributed by atoms with Crippen molar-refractivity contribution in [3.63, 3.8) is 0 Å². The Morgan fingerprint density at radius 2 is 1.73 bits per heavy atom. The molecule has 0 N–H and O–H groups in total. The molecule has 0 spiro atoms. The Balaban J connectivity index is 1.63. The van der Waals surface area contributed by atoms with Crippen LogP contribution in [0, 0.1) is 0 Å². The summed E-state index contributed by atoms with van der Waals surface area (Å²) in [5.74, 6) is 1.80. The zero-order chi connectivity index (χ0) is 17.8. The molecular weight excluding hydrogens is 324 g/mol. The van der Waals surface area contributed by atoms with E-state index in [1.54, 1.807) is 0 Å². The van der Waals surface area contributed by atoms with E-state index in [4.69, 9.17) is 14.5 Å². The second kappa shape index (κ2) is 7.58. The lowest BCUT2D eigenvalue weighted by atomic mass is 10.1. The predicted molar refractivity (Wildman–Crippen MR) is 105 cm³/mol. The SMILES string of the molecule is CCOCCn1c(COc2cccc3ccccc23)nc2ccccc21. The van der Waals surface area contributed by atoms with Crippen molar-refractivity contribution in [1.29, 1.82) is 0 Å². The first-order chi connectivity index (χ1) is 12.9. The van der Waals surface area contributed by atoms with Crippen LogP contribution >= 0.6 is 0 Å². The molecule has 0 fully saturated rings. The normalized spacial score (nSPS) is 11.3. The van der Waals surface area contributed by atoms with Crippen LogP contribution in [-0.4, -0.2) is 22.8 Å². The van der Waals surface area contributed by atoms with Gasteiger partial charge in [-0.25, -0.2) is 4.98 Å². The summed E-state index contributed by atoms with van der Waals surface area (Å²) in [6, 6.07) is 22.6. The summed E-state index contributed by atoms with van der Waals surface area (Å²) in [4.78, 5) is 4.77. The summed E-state index contributed by atoms with van der Waals surface area (Å²) in [5.41, 5.74) is 2.10. The van der Waals surface area contributed by atoms with Gasteiger partial charge in [-0.15, -0.1) is 0 Å². The van der Waals surface area contributed by atoms with E-state index in [9.17, 15) is 0 Å². The van der Waals surface area contributed by atoms with Gasteiger partial charge in [-0.3, -0.25) is 0 Å². The molecule has 4 rings (SSSR count). The van der Waals surface area contributed by atoms with Gasteiger partial charge in [0.05, 0.1) is 17.6 Å². The van der Waals surface area contributed by atoms with Crippen molar-refractivity contribution < 1.29 is 9.47 Å². The molecule has 26 heavy (non-hydrogen) atoms. The summed E-state index contributed by atoms with van der Waals surface area (Å²) in [6.45, 7) is 4.58. The molecule has 0 unspecified atom stereocenters. The molecule has 0 saturated carbocycles. The predicted octanol–water partition coefficient (Wildman–Crippen LogP) is 4.81. The van der Waals surface area contributed by atoms with E-state index in [2.05, 4.69) is 28.8 Å². The first-order valence-corrected chi connectivity index (χ1v) is 8.99. The number of para-hydroxylation sites is 2. The highest BCUT2D eigenvalue weighted by Gasteiger charge is 2.11.